The lowest BCUT2D eigenvalue weighted by Crippen LogP contribution is -2.41. The molecule has 0 radical (unpaired) electrons. The molecule has 0 bridgehead atoms. The number of sulfonamides is 1. The minimum Gasteiger partial charge on any atom is -0.379 e. The van der Waals surface area contributed by atoms with Crippen LogP contribution >= 0.6 is 11.6 Å². The third-order valence-corrected chi connectivity index (χ3v) is 6.55. The Labute approximate surface area is 173 Å². The smallest absolute Gasteiger partial charge is 0.272 e. The third kappa shape index (κ3) is 4.81. The Hall–Kier alpha value is -2.33. The lowest BCUT2D eigenvalue weighted by Gasteiger charge is -2.26. The van der Waals surface area contributed by atoms with Gasteiger partial charge in [-0.15, -0.1) is 0 Å². The van der Waals surface area contributed by atoms with Crippen LogP contribution in [0.3, 0.4) is 0 Å². The predicted octanol–water partition coefficient (Wildman–Crippen LogP) is 2.65. The topological polar surface area (TPSA) is 88.1 Å². The second kappa shape index (κ2) is 9.00. The van der Waals surface area contributed by atoms with Crippen molar-refractivity contribution in [3.8, 4) is 0 Å². The molecule has 154 valence electrons. The number of carbonyl (C=O) groups is 1. The van der Waals surface area contributed by atoms with Crippen molar-refractivity contribution in [2.24, 2.45) is 5.10 Å². The summed E-state index contributed by atoms with van der Waals surface area (Å²) in [5, 5.41) is 4.22. The molecule has 1 heterocycles. The molecule has 3 rings (SSSR count). The highest BCUT2D eigenvalue weighted by Gasteiger charge is 2.30. The molecule has 1 aliphatic heterocycles. The largest absolute Gasteiger partial charge is 0.379 e. The highest BCUT2D eigenvalue weighted by atomic mass is 35.5. The minimum absolute atomic E-state index is 0.0536. The quantitative estimate of drug-likeness (QED) is 0.573. The Balaban J connectivity index is 1.86. The Morgan fingerprint density at radius 3 is 2.59 bits per heavy atom. The van der Waals surface area contributed by atoms with Crippen molar-refractivity contribution in [3.05, 3.63) is 64.4 Å². The summed E-state index contributed by atoms with van der Waals surface area (Å²) in [4.78, 5) is 12.5. The molecule has 0 spiro atoms. The Bertz CT molecular complexity index is 1050. The van der Waals surface area contributed by atoms with Gasteiger partial charge in [-0.3, -0.25) is 4.79 Å². The number of rotatable bonds is 5. The van der Waals surface area contributed by atoms with Crippen molar-refractivity contribution in [3.63, 3.8) is 0 Å². The van der Waals surface area contributed by atoms with E-state index >= 15 is 0 Å². The molecule has 0 aromatic heterocycles. The summed E-state index contributed by atoms with van der Waals surface area (Å²) in [6, 6.07) is 9.85. The van der Waals surface area contributed by atoms with E-state index in [1.165, 1.54) is 41.6 Å². The number of amides is 1. The van der Waals surface area contributed by atoms with Crippen LogP contribution in [0.5, 0.6) is 0 Å². The van der Waals surface area contributed by atoms with Gasteiger partial charge in [-0.25, -0.2) is 18.2 Å². The van der Waals surface area contributed by atoms with Gasteiger partial charge in [0, 0.05) is 23.7 Å². The summed E-state index contributed by atoms with van der Waals surface area (Å²) in [5.74, 6) is -1.26. The standard InChI is InChI=1S/C19H19ClFN3O4S/c1-13(16-12-14(20)6-7-17(16)21)22-23-19(25)15-4-2-3-5-18(15)29(26,27)24-8-10-28-11-9-24/h2-7,12H,8-11H2,1H3,(H,23,25)/b22-13+. The first kappa shape index (κ1) is 21.4. The van der Waals surface area contributed by atoms with Gasteiger partial charge in [-0.2, -0.15) is 9.41 Å². The van der Waals surface area contributed by atoms with Crippen LogP contribution in [0.15, 0.2) is 52.5 Å². The van der Waals surface area contributed by atoms with Gasteiger partial charge in [0.25, 0.3) is 5.91 Å². The van der Waals surface area contributed by atoms with Crippen molar-refractivity contribution in [1.82, 2.24) is 9.73 Å². The lowest BCUT2D eigenvalue weighted by molar-refractivity contribution is 0.0730. The van der Waals surface area contributed by atoms with E-state index in [9.17, 15) is 17.6 Å². The molecule has 1 fully saturated rings. The molecule has 7 nitrogen and oxygen atoms in total. The summed E-state index contributed by atoms with van der Waals surface area (Å²) in [5.41, 5.74) is 2.56. The number of halogens is 2. The highest BCUT2D eigenvalue weighted by Crippen LogP contribution is 2.21. The van der Waals surface area contributed by atoms with Crippen LogP contribution < -0.4 is 5.43 Å². The first-order valence-electron chi connectivity index (χ1n) is 8.77. The molecule has 0 aliphatic carbocycles. The van der Waals surface area contributed by atoms with Crippen molar-refractivity contribution < 1.29 is 22.3 Å². The molecule has 1 amide bonds. The normalized spacial score (nSPS) is 15.9. The van der Waals surface area contributed by atoms with Gasteiger partial charge in [-0.1, -0.05) is 23.7 Å². The van der Waals surface area contributed by atoms with Crippen molar-refractivity contribution in [1.29, 1.82) is 0 Å². The number of nitrogens with zero attached hydrogens (tertiary/aromatic N) is 2. The minimum atomic E-state index is -3.87. The van der Waals surface area contributed by atoms with E-state index in [4.69, 9.17) is 16.3 Å². The molecular formula is C19H19ClFN3O4S. The molecular weight excluding hydrogens is 421 g/mol. The van der Waals surface area contributed by atoms with Gasteiger partial charge < -0.3 is 4.74 Å². The van der Waals surface area contributed by atoms with Crippen molar-refractivity contribution in [2.75, 3.05) is 26.3 Å². The number of ether oxygens (including phenoxy) is 1. The monoisotopic (exact) mass is 439 g/mol. The Morgan fingerprint density at radius 1 is 1.17 bits per heavy atom. The van der Waals surface area contributed by atoms with Gasteiger partial charge in [0.1, 0.15) is 5.82 Å². The van der Waals surface area contributed by atoms with E-state index in [1.807, 2.05) is 0 Å². The van der Waals surface area contributed by atoms with Gasteiger partial charge >= 0.3 is 0 Å². The second-order valence-corrected chi connectivity index (χ2v) is 8.62. The molecule has 10 heteroatoms. The van der Waals surface area contributed by atoms with Gasteiger partial charge in [0.15, 0.2) is 0 Å². The number of hydrogen-bond acceptors (Lipinski definition) is 5. The van der Waals surface area contributed by atoms with E-state index in [0.717, 1.165) is 0 Å². The first-order valence-corrected chi connectivity index (χ1v) is 10.6. The number of benzene rings is 2. The van der Waals surface area contributed by atoms with E-state index in [2.05, 4.69) is 10.5 Å². The maximum atomic E-state index is 13.9. The number of nitrogens with one attached hydrogen (secondary N) is 1. The van der Waals surface area contributed by atoms with Gasteiger partial charge in [0.2, 0.25) is 10.0 Å². The maximum absolute atomic E-state index is 13.9. The average molecular weight is 440 g/mol. The van der Waals surface area contributed by atoms with Crippen LogP contribution in [0.2, 0.25) is 5.02 Å². The number of hydrazone groups is 1. The molecule has 0 unspecified atom stereocenters. The summed E-state index contributed by atoms with van der Waals surface area (Å²) in [6.45, 7) is 2.52. The van der Waals surface area contributed by atoms with Crippen LogP contribution in [0.4, 0.5) is 4.39 Å². The zero-order valence-electron chi connectivity index (χ0n) is 15.6. The van der Waals surface area contributed by atoms with Crippen LogP contribution in [0.1, 0.15) is 22.8 Å². The molecule has 2 aromatic carbocycles. The number of hydrogen-bond donors (Lipinski definition) is 1. The Morgan fingerprint density at radius 2 is 1.86 bits per heavy atom. The van der Waals surface area contributed by atoms with E-state index in [-0.39, 0.29) is 34.8 Å². The second-order valence-electron chi connectivity index (χ2n) is 6.27. The molecule has 0 saturated carbocycles. The number of carbonyl (C=O) groups excluding carboxylic acids is 1. The van der Waals surface area contributed by atoms with Gasteiger partial charge in [-0.05, 0) is 37.3 Å². The fourth-order valence-electron chi connectivity index (χ4n) is 2.84. The molecule has 1 saturated heterocycles. The van der Waals surface area contributed by atoms with Crippen LogP contribution in [0, 0.1) is 5.82 Å². The number of morpholine rings is 1. The maximum Gasteiger partial charge on any atom is 0.272 e. The summed E-state index contributed by atoms with van der Waals surface area (Å²) in [7, 11) is -3.87. The zero-order valence-corrected chi connectivity index (χ0v) is 17.1. The molecule has 2 aromatic rings. The first-order chi connectivity index (χ1) is 13.8. The average Bonchev–Trinajstić information content (AvgIpc) is 2.74. The summed E-state index contributed by atoms with van der Waals surface area (Å²) >= 11 is 5.88. The Kier molecular flexibility index (Phi) is 6.63. The fraction of sp³-hybridized carbons (Fsp3) is 0.263. The van der Waals surface area contributed by atoms with E-state index in [0.29, 0.717) is 18.2 Å². The molecule has 1 aliphatic rings. The molecule has 1 N–H and O–H groups in total. The van der Waals surface area contributed by atoms with Crippen molar-refractivity contribution >= 4 is 33.2 Å². The molecule has 0 atom stereocenters. The van der Waals surface area contributed by atoms with Crippen molar-refractivity contribution in [2.45, 2.75) is 11.8 Å². The summed E-state index contributed by atoms with van der Waals surface area (Å²) in [6.07, 6.45) is 0. The SMILES string of the molecule is C/C(=N\NC(=O)c1ccccc1S(=O)(=O)N1CCOCC1)c1cc(Cl)ccc1F. The lowest BCUT2D eigenvalue weighted by atomic mass is 10.1. The third-order valence-electron chi connectivity index (χ3n) is 4.36. The van der Waals surface area contributed by atoms with E-state index < -0.39 is 21.7 Å². The van der Waals surface area contributed by atoms with Crippen LogP contribution in [0.25, 0.3) is 0 Å². The van der Waals surface area contributed by atoms with Gasteiger partial charge in [0.05, 0.1) is 29.4 Å². The predicted molar refractivity (Wildman–Crippen MR) is 107 cm³/mol. The fourth-order valence-corrected chi connectivity index (χ4v) is 4.60. The highest BCUT2D eigenvalue weighted by molar-refractivity contribution is 7.89. The summed E-state index contributed by atoms with van der Waals surface area (Å²) < 4.78 is 46.3. The van der Waals surface area contributed by atoms with E-state index in [1.54, 1.807) is 12.1 Å². The van der Waals surface area contributed by atoms with Crippen LogP contribution in [-0.2, 0) is 14.8 Å². The van der Waals surface area contributed by atoms with Crippen LogP contribution in [-0.4, -0.2) is 50.6 Å². The molecule has 29 heavy (non-hydrogen) atoms. The zero-order chi connectivity index (χ0) is 21.0.